The molecule has 11 aromatic rings. The minimum atomic E-state index is 0.655. The zero-order valence-corrected chi connectivity index (χ0v) is 30.7. The van der Waals surface area contributed by atoms with Crippen molar-refractivity contribution in [1.29, 1.82) is 0 Å². The van der Waals surface area contributed by atoms with Gasteiger partial charge in [-0.05, 0) is 83.9 Å². The molecule has 0 amide bonds. The maximum absolute atomic E-state index is 5.14. The maximum Gasteiger partial charge on any atom is 0.160 e. The lowest BCUT2D eigenvalue weighted by atomic mass is 10.0. The van der Waals surface area contributed by atoms with E-state index in [2.05, 4.69) is 137 Å². The Kier molecular flexibility index (Phi) is 7.71. The van der Waals surface area contributed by atoms with Crippen molar-refractivity contribution in [2.45, 2.75) is 0 Å². The minimum absolute atomic E-state index is 0.655. The van der Waals surface area contributed by atoms with Crippen molar-refractivity contribution < 1.29 is 0 Å². The Morgan fingerprint density at radius 1 is 0.333 bits per heavy atom. The standard InChI is InChI=1S/C51H32N6/c1-2-10-35(11-3-1)51-55-47(34-19-24-39(25-20-34)57-49-15-6-4-12-40(49)41-13-5-7-16-50(41)57)32-48(56-51)45-28-23-38-30-36(22-26-42(38)53-45)37-18-17-33-21-27-44(54-46(33)31-37)43-14-8-9-29-52-43/h1-32H. The molecule has 0 fully saturated rings. The zero-order valence-electron chi connectivity index (χ0n) is 30.7. The zero-order chi connectivity index (χ0) is 37.7. The fourth-order valence-corrected chi connectivity index (χ4v) is 7.83. The summed E-state index contributed by atoms with van der Waals surface area (Å²) in [4.78, 5) is 24.7. The molecule has 0 bridgehead atoms. The second-order valence-electron chi connectivity index (χ2n) is 14.2. The Labute approximate surface area is 328 Å². The van der Waals surface area contributed by atoms with Gasteiger partial charge in [-0.2, -0.15) is 0 Å². The van der Waals surface area contributed by atoms with Gasteiger partial charge >= 0.3 is 0 Å². The van der Waals surface area contributed by atoms with Gasteiger partial charge in [-0.15, -0.1) is 0 Å². The quantitative estimate of drug-likeness (QED) is 0.170. The van der Waals surface area contributed by atoms with Gasteiger partial charge in [0.1, 0.15) is 0 Å². The third kappa shape index (κ3) is 5.88. The van der Waals surface area contributed by atoms with Gasteiger partial charge in [-0.1, -0.05) is 115 Å². The predicted molar refractivity (Wildman–Crippen MR) is 232 cm³/mol. The molecule has 6 nitrogen and oxygen atoms in total. The van der Waals surface area contributed by atoms with Crippen LogP contribution < -0.4 is 0 Å². The Morgan fingerprint density at radius 3 is 1.72 bits per heavy atom. The van der Waals surface area contributed by atoms with Crippen LogP contribution in [0.4, 0.5) is 0 Å². The average Bonchev–Trinajstić information content (AvgIpc) is 3.63. The van der Waals surface area contributed by atoms with E-state index >= 15 is 0 Å². The highest BCUT2D eigenvalue weighted by molar-refractivity contribution is 6.09. The van der Waals surface area contributed by atoms with Crippen LogP contribution in [0.5, 0.6) is 0 Å². The van der Waals surface area contributed by atoms with E-state index in [0.29, 0.717) is 5.82 Å². The van der Waals surface area contributed by atoms with Gasteiger partial charge in [0.2, 0.25) is 0 Å². The van der Waals surface area contributed by atoms with Crippen molar-refractivity contribution in [3.8, 4) is 62.2 Å². The van der Waals surface area contributed by atoms with Crippen LogP contribution in [0.15, 0.2) is 194 Å². The molecule has 0 radical (unpaired) electrons. The lowest BCUT2D eigenvalue weighted by Crippen LogP contribution is -1.98. The Bertz CT molecular complexity index is 3230. The molecule has 0 atom stereocenters. The van der Waals surface area contributed by atoms with Crippen molar-refractivity contribution in [3.05, 3.63) is 194 Å². The van der Waals surface area contributed by atoms with Crippen LogP contribution in [0.3, 0.4) is 0 Å². The molecule has 0 aliphatic heterocycles. The summed E-state index contributed by atoms with van der Waals surface area (Å²) in [6.07, 6.45) is 1.80. The third-order valence-corrected chi connectivity index (χ3v) is 10.7. The number of aromatic nitrogens is 6. The van der Waals surface area contributed by atoms with Gasteiger partial charge in [-0.3, -0.25) is 4.98 Å². The highest BCUT2D eigenvalue weighted by Gasteiger charge is 2.15. The van der Waals surface area contributed by atoms with Crippen LogP contribution in [0.25, 0.3) is 106 Å². The van der Waals surface area contributed by atoms with Crippen molar-refractivity contribution in [2.24, 2.45) is 0 Å². The first-order valence-electron chi connectivity index (χ1n) is 19.0. The highest BCUT2D eigenvalue weighted by atomic mass is 15.0. The van der Waals surface area contributed by atoms with Crippen LogP contribution in [0.1, 0.15) is 0 Å². The van der Waals surface area contributed by atoms with Crippen LogP contribution in [0.2, 0.25) is 0 Å². The Balaban J connectivity index is 0.957. The summed E-state index contributed by atoms with van der Waals surface area (Å²) in [5.41, 5.74) is 13.5. The van der Waals surface area contributed by atoms with E-state index in [1.165, 1.54) is 21.8 Å². The molecule has 0 unspecified atom stereocenters. The second kappa shape index (κ2) is 13.5. The fourth-order valence-electron chi connectivity index (χ4n) is 7.83. The lowest BCUT2D eigenvalue weighted by molar-refractivity contribution is 1.16. The number of rotatable bonds is 6. The van der Waals surface area contributed by atoms with Crippen molar-refractivity contribution in [1.82, 2.24) is 29.5 Å². The fraction of sp³-hybridized carbons (Fsp3) is 0. The molecule has 0 saturated heterocycles. The summed E-state index contributed by atoms with van der Waals surface area (Å²) in [5.74, 6) is 0.655. The highest BCUT2D eigenvalue weighted by Crippen LogP contribution is 2.34. The summed E-state index contributed by atoms with van der Waals surface area (Å²) in [7, 11) is 0. The smallest absolute Gasteiger partial charge is 0.160 e. The number of hydrogen-bond acceptors (Lipinski definition) is 5. The molecule has 11 rings (SSSR count). The van der Waals surface area contributed by atoms with Gasteiger partial charge in [0.25, 0.3) is 0 Å². The molecule has 0 aliphatic rings. The molecular formula is C51H32N6. The molecule has 5 heterocycles. The lowest BCUT2D eigenvalue weighted by Gasteiger charge is -2.12. The van der Waals surface area contributed by atoms with E-state index in [1.54, 1.807) is 6.20 Å². The number of benzene rings is 6. The second-order valence-corrected chi connectivity index (χ2v) is 14.2. The molecule has 5 aromatic heterocycles. The van der Waals surface area contributed by atoms with E-state index in [1.807, 2.05) is 60.7 Å². The van der Waals surface area contributed by atoms with Gasteiger partial charge in [0.05, 0.1) is 50.5 Å². The van der Waals surface area contributed by atoms with Gasteiger partial charge < -0.3 is 4.57 Å². The van der Waals surface area contributed by atoms with E-state index in [9.17, 15) is 0 Å². The summed E-state index contributed by atoms with van der Waals surface area (Å²) in [5, 5.41) is 4.62. The topological polar surface area (TPSA) is 69.4 Å². The van der Waals surface area contributed by atoms with Gasteiger partial charge in [0, 0.05) is 44.6 Å². The number of hydrogen-bond donors (Lipinski definition) is 0. The average molecular weight is 729 g/mol. The number of nitrogens with zero attached hydrogens (tertiary/aromatic N) is 6. The number of para-hydroxylation sites is 2. The van der Waals surface area contributed by atoms with Crippen LogP contribution in [-0.4, -0.2) is 29.5 Å². The maximum atomic E-state index is 5.14. The molecule has 57 heavy (non-hydrogen) atoms. The molecule has 266 valence electrons. The van der Waals surface area contributed by atoms with Crippen LogP contribution >= 0.6 is 0 Å². The molecule has 0 N–H and O–H groups in total. The third-order valence-electron chi connectivity index (χ3n) is 10.7. The van der Waals surface area contributed by atoms with E-state index in [4.69, 9.17) is 19.9 Å². The molecule has 6 heteroatoms. The molecule has 0 saturated carbocycles. The predicted octanol–water partition coefficient (Wildman–Crippen LogP) is 12.4. The van der Waals surface area contributed by atoms with Crippen LogP contribution in [-0.2, 0) is 0 Å². The molecular weight excluding hydrogens is 697 g/mol. The largest absolute Gasteiger partial charge is 0.309 e. The molecule has 6 aromatic carbocycles. The SMILES string of the molecule is c1ccc(-c2nc(-c3ccc(-n4c5ccccc5c5ccccc54)cc3)cc(-c3ccc4cc(-c5ccc6ccc(-c7ccccn7)nc6c5)ccc4n3)n2)cc1. The first-order valence-corrected chi connectivity index (χ1v) is 19.0. The van der Waals surface area contributed by atoms with Gasteiger partial charge in [-0.25, -0.2) is 19.9 Å². The van der Waals surface area contributed by atoms with Crippen LogP contribution in [0, 0.1) is 0 Å². The first-order chi connectivity index (χ1) is 28.2. The van der Waals surface area contributed by atoms with Gasteiger partial charge in [0.15, 0.2) is 5.82 Å². The van der Waals surface area contributed by atoms with Crippen molar-refractivity contribution in [3.63, 3.8) is 0 Å². The monoisotopic (exact) mass is 728 g/mol. The first kappa shape index (κ1) is 32.6. The van der Waals surface area contributed by atoms with Crippen molar-refractivity contribution >= 4 is 43.6 Å². The van der Waals surface area contributed by atoms with E-state index < -0.39 is 0 Å². The number of pyridine rings is 3. The summed E-state index contributed by atoms with van der Waals surface area (Å²) < 4.78 is 2.33. The normalized spacial score (nSPS) is 11.5. The van der Waals surface area contributed by atoms with E-state index in [-0.39, 0.29) is 0 Å². The molecule has 0 aliphatic carbocycles. The Hall–Kier alpha value is -7.83. The molecule has 0 spiro atoms. The summed E-state index contributed by atoms with van der Waals surface area (Å²) in [6.45, 7) is 0. The Morgan fingerprint density at radius 2 is 0.947 bits per heavy atom. The van der Waals surface area contributed by atoms with Crippen molar-refractivity contribution in [2.75, 3.05) is 0 Å². The summed E-state index contributed by atoms with van der Waals surface area (Å²) >= 11 is 0. The minimum Gasteiger partial charge on any atom is -0.309 e. The summed E-state index contributed by atoms with van der Waals surface area (Å²) in [6, 6.07) is 65.0. The number of fused-ring (bicyclic) bond motifs is 5. The van der Waals surface area contributed by atoms with E-state index in [0.717, 1.165) is 78.2 Å².